The molecule has 2 aromatic carbocycles. The molecule has 0 radical (unpaired) electrons. The molecule has 0 aromatic heterocycles. The van der Waals surface area contributed by atoms with Gasteiger partial charge in [-0.3, -0.25) is 14.7 Å². The summed E-state index contributed by atoms with van der Waals surface area (Å²) in [4.78, 5) is 18.4. The zero-order valence-corrected chi connectivity index (χ0v) is 27.5. The second-order valence-electron chi connectivity index (χ2n) is 13.1. The van der Waals surface area contributed by atoms with Gasteiger partial charge in [-0.05, 0) is 53.2 Å². The number of aliphatic hydroxyl groups excluding tert-OH is 3. The number of aryl methyl sites for hydroxylation is 1. The predicted octanol–water partition coefficient (Wildman–Crippen LogP) is 1.59. The van der Waals surface area contributed by atoms with Gasteiger partial charge in [0.25, 0.3) is 6.23 Å². The molecular formula is C38H43N4O7+. The van der Waals surface area contributed by atoms with Crippen molar-refractivity contribution in [1.82, 2.24) is 0 Å². The van der Waals surface area contributed by atoms with Gasteiger partial charge in [0.05, 0.1) is 23.9 Å². The summed E-state index contributed by atoms with van der Waals surface area (Å²) < 4.78 is 12.4. The smallest absolute Gasteiger partial charge is 0.251 e. The SMILES string of the molecule is CCCC(O)CC(O)CC(=O)CCc1cc2c(cc1O)OC#CCC1C#CC(O)c3ccc(C(N)N)cc3CC3=CN=C4C[NH+](C=C34)C1O2. The topological polar surface area (TPSA) is 185 Å². The molecule has 6 unspecified atom stereocenters. The van der Waals surface area contributed by atoms with E-state index in [0.717, 1.165) is 39.3 Å². The van der Waals surface area contributed by atoms with Gasteiger partial charge in [0, 0.05) is 37.9 Å². The molecule has 0 aliphatic carbocycles. The molecule has 0 spiro atoms. The van der Waals surface area contributed by atoms with E-state index in [-0.39, 0.29) is 49.4 Å². The summed E-state index contributed by atoms with van der Waals surface area (Å²) in [5, 5.41) is 42.5. The van der Waals surface area contributed by atoms with Crippen LogP contribution in [0.2, 0.25) is 0 Å². The van der Waals surface area contributed by atoms with E-state index < -0.39 is 36.6 Å². The Morgan fingerprint density at radius 1 is 1.14 bits per heavy atom. The minimum Gasteiger partial charge on any atom is -0.508 e. The monoisotopic (exact) mass is 667 g/mol. The highest BCUT2D eigenvalue weighted by molar-refractivity contribution is 6.08. The highest BCUT2D eigenvalue weighted by atomic mass is 16.5. The normalized spacial score (nSPS) is 23.2. The number of hydrogen-bond acceptors (Lipinski definition) is 10. The third kappa shape index (κ3) is 7.90. The molecule has 0 saturated heterocycles. The van der Waals surface area contributed by atoms with E-state index in [9.17, 15) is 25.2 Å². The van der Waals surface area contributed by atoms with Gasteiger partial charge in [-0.1, -0.05) is 49.3 Å². The number of nitrogens with one attached hydrogen (secondary N) is 1. The summed E-state index contributed by atoms with van der Waals surface area (Å²) in [6, 6.07) is 8.63. The number of ketones is 1. The van der Waals surface area contributed by atoms with Gasteiger partial charge in [0.2, 0.25) is 0 Å². The number of quaternary nitrogens is 1. The van der Waals surface area contributed by atoms with Crippen LogP contribution >= 0.6 is 0 Å². The van der Waals surface area contributed by atoms with Crippen LogP contribution in [0.1, 0.15) is 80.0 Å². The number of ether oxygens (including phenoxy) is 2. The van der Waals surface area contributed by atoms with Gasteiger partial charge < -0.3 is 41.4 Å². The van der Waals surface area contributed by atoms with E-state index in [0.29, 0.717) is 36.3 Å². The summed E-state index contributed by atoms with van der Waals surface area (Å²) >= 11 is 0. The van der Waals surface area contributed by atoms with E-state index >= 15 is 0 Å². The molecule has 256 valence electrons. The average Bonchev–Trinajstić information content (AvgIpc) is 3.66. The Balaban J connectivity index is 1.28. The molecule has 0 fully saturated rings. The minimum atomic E-state index is -1.09. The zero-order chi connectivity index (χ0) is 34.7. The molecule has 0 amide bonds. The number of Topliss-reactive ketones (excluding diaryl/α,β-unsaturated/α-hetero) is 1. The molecule has 4 aliphatic rings. The highest BCUT2D eigenvalue weighted by Crippen LogP contribution is 2.37. The molecular weight excluding hydrogens is 624 g/mol. The van der Waals surface area contributed by atoms with Gasteiger partial charge in [-0.15, -0.1) is 0 Å². The van der Waals surface area contributed by atoms with Crippen molar-refractivity contribution in [3.8, 4) is 41.1 Å². The number of rotatable bonds is 10. The number of phenols is 1. The first kappa shape index (κ1) is 34.4. The lowest BCUT2D eigenvalue weighted by Gasteiger charge is -2.27. The lowest BCUT2D eigenvalue weighted by atomic mass is 9.91. The minimum absolute atomic E-state index is 0.0695. The molecule has 49 heavy (non-hydrogen) atoms. The van der Waals surface area contributed by atoms with Crippen molar-refractivity contribution in [1.29, 1.82) is 0 Å². The number of aliphatic hydroxyl groups is 3. The number of benzene rings is 2. The fraction of sp³-hybridized carbons (Fsp3) is 0.421. The third-order valence-corrected chi connectivity index (χ3v) is 9.35. The molecule has 0 saturated carbocycles. The van der Waals surface area contributed by atoms with Crippen LogP contribution in [0.3, 0.4) is 0 Å². The van der Waals surface area contributed by atoms with Crippen molar-refractivity contribution >= 4 is 11.5 Å². The third-order valence-electron chi connectivity index (χ3n) is 9.35. The van der Waals surface area contributed by atoms with Crippen LogP contribution in [0.15, 0.2) is 58.9 Å². The number of fused-ring (bicyclic) bond motifs is 5. The summed E-state index contributed by atoms with van der Waals surface area (Å²) in [5.41, 5.74) is 17.6. The van der Waals surface area contributed by atoms with Crippen LogP contribution < -0.4 is 25.8 Å². The summed E-state index contributed by atoms with van der Waals surface area (Å²) in [7, 11) is 0. The molecule has 2 bridgehead atoms. The Morgan fingerprint density at radius 3 is 2.78 bits per heavy atom. The van der Waals surface area contributed by atoms with Crippen molar-refractivity contribution in [2.45, 2.75) is 89.0 Å². The number of aromatic hydroxyl groups is 1. The number of nitrogens with two attached hydrogens (primary N) is 2. The van der Waals surface area contributed by atoms with Gasteiger partial charge in [-0.2, -0.15) is 0 Å². The lowest BCUT2D eigenvalue weighted by Crippen LogP contribution is -3.13. The molecule has 2 aromatic rings. The lowest BCUT2D eigenvalue weighted by molar-refractivity contribution is -0.886. The van der Waals surface area contributed by atoms with E-state index in [1.165, 1.54) is 6.07 Å². The first-order valence-corrected chi connectivity index (χ1v) is 16.8. The van der Waals surface area contributed by atoms with Crippen molar-refractivity contribution in [2.75, 3.05) is 6.54 Å². The van der Waals surface area contributed by atoms with Crippen LogP contribution in [0, 0.1) is 29.8 Å². The fourth-order valence-electron chi connectivity index (χ4n) is 6.75. The summed E-state index contributed by atoms with van der Waals surface area (Å²) in [6.07, 6.45) is 5.28. The fourth-order valence-corrected chi connectivity index (χ4v) is 6.75. The van der Waals surface area contributed by atoms with Crippen molar-refractivity contribution in [2.24, 2.45) is 22.4 Å². The van der Waals surface area contributed by atoms with Gasteiger partial charge >= 0.3 is 0 Å². The second kappa shape index (κ2) is 15.0. The van der Waals surface area contributed by atoms with Crippen LogP contribution in [-0.2, 0) is 17.6 Å². The number of hydrogen-bond donors (Lipinski definition) is 7. The maximum atomic E-state index is 12.7. The Labute approximate surface area is 285 Å². The van der Waals surface area contributed by atoms with E-state index in [2.05, 4.69) is 30.1 Å². The summed E-state index contributed by atoms with van der Waals surface area (Å²) in [5.74, 6) is 9.19. The Morgan fingerprint density at radius 2 is 1.98 bits per heavy atom. The van der Waals surface area contributed by atoms with Gasteiger partial charge in [0.15, 0.2) is 11.5 Å². The maximum absolute atomic E-state index is 12.7. The van der Waals surface area contributed by atoms with Crippen LogP contribution in [-0.4, -0.2) is 56.9 Å². The van der Waals surface area contributed by atoms with Crippen molar-refractivity contribution in [3.05, 3.63) is 76.1 Å². The number of allylic oxidation sites excluding steroid dienone is 1. The number of nitrogens with zero attached hydrogens (tertiary/aromatic N) is 1. The van der Waals surface area contributed by atoms with Gasteiger partial charge in [0.1, 0.15) is 48.1 Å². The van der Waals surface area contributed by atoms with E-state index in [1.807, 2.05) is 25.3 Å². The Hall–Kier alpha value is -4.46. The largest absolute Gasteiger partial charge is 0.508 e. The molecule has 11 nitrogen and oxygen atoms in total. The summed E-state index contributed by atoms with van der Waals surface area (Å²) in [6.45, 7) is 2.49. The second-order valence-corrected chi connectivity index (χ2v) is 13.1. The van der Waals surface area contributed by atoms with Gasteiger partial charge in [-0.25, -0.2) is 0 Å². The average molecular weight is 668 g/mol. The molecule has 4 aliphatic heterocycles. The number of aliphatic imine (C=N–C) groups is 1. The molecule has 11 heteroatoms. The first-order chi connectivity index (χ1) is 23.6. The standard InChI is InChI=1S/C38H42N4O7/c1-2-4-27(43)16-29(45)17-28(44)9-6-23-15-36-35(18-34(23)47)48-12-3-5-22-8-11-33(46)30-10-7-24(37(39)40)13-25(30)14-26-19-41-32-21-42(20-31(26)32)38(22)49-36/h7,10,13,15,18-20,22,27,29,33,37-38,43,45-47H,2,4-6,9,14,16-17,21,39-40H2,1H3/p+1. The molecule has 6 atom stereocenters. The number of carbonyl (C=O) groups excluding carboxylic acids is 1. The van der Waals surface area contributed by atoms with E-state index in [4.69, 9.17) is 25.9 Å². The zero-order valence-electron chi connectivity index (χ0n) is 27.5. The first-order valence-electron chi connectivity index (χ1n) is 16.8. The Bertz CT molecular complexity index is 1830. The van der Waals surface area contributed by atoms with Crippen LogP contribution in [0.25, 0.3) is 0 Å². The van der Waals surface area contributed by atoms with E-state index in [1.54, 1.807) is 12.1 Å². The number of phenolic OH excluding ortho intramolecular Hbond substituents is 1. The maximum Gasteiger partial charge on any atom is 0.251 e. The quantitative estimate of drug-likeness (QED) is 0.146. The predicted molar refractivity (Wildman–Crippen MR) is 182 cm³/mol. The molecule has 9 N–H and O–H groups in total. The highest BCUT2D eigenvalue weighted by Gasteiger charge is 2.40. The van der Waals surface area contributed by atoms with Crippen LogP contribution in [0.4, 0.5) is 0 Å². The van der Waals surface area contributed by atoms with Crippen molar-refractivity contribution < 1.29 is 39.6 Å². The van der Waals surface area contributed by atoms with Crippen LogP contribution in [0.5, 0.6) is 17.2 Å². The van der Waals surface area contributed by atoms with Crippen molar-refractivity contribution in [3.63, 3.8) is 0 Å². The number of carbonyl (C=O) groups is 1. The molecule has 4 heterocycles. The Kier molecular flexibility index (Phi) is 10.5. The molecule has 6 rings (SSSR count).